The first-order chi connectivity index (χ1) is 5.40. The lowest BCUT2D eigenvalue weighted by atomic mass is 10.00. The molecule has 0 aliphatic carbocycles. The molecule has 0 aromatic carbocycles. The Labute approximate surface area is 68.7 Å². The van der Waals surface area contributed by atoms with Gasteiger partial charge in [0, 0.05) is 12.6 Å². The topological polar surface area (TPSA) is 29.3 Å². The first kappa shape index (κ1) is 7.56. The quantitative estimate of drug-likeness (QED) is 0.606. The number of hydrogen-bond donors (Lipinski definition) is 1. The Morgan fingerprint density at radius 2 is 2.27 bits per heavy atom. The van der Waals surface area contributed by atoms with Crippen LogP contribution in [0.15, 0.2) is 0 Å². The number of fused-ring (bicyclic) bond motifs is 1. The van der Waals surface area contributed by atoms with Crippen molar-refractivity contribution in [1.29, 1.82) is 0 Å². The lowest BCUT2D eigenvalue weighted by Gasteiger charge is -2.28. The molecule has 2 heteroatoms. The van der Waals surface area contributed by atoms with Gasteiger partial charge in [0.25, 0.3) is 0 Å². The van der Waals surface area contributed by atoms with Gasteiger partial charge >= 0.3 is 0 Å². The van der Waals surface area contributed by atoms with E-state index >= 15 is 0 Å². The van der Waals surface area contributed by atoms with E-state index in [9.17, 15) is 0 Å². The summed E-state index contributed by atoms with van der Waals surface area (Å²) in [6, 6.07) is 0.900. The minimum absolute atomic E-state index is 0.804. The third kappa shape index (κ3) is 1.42. The third-order valence-corrected chi connectivity index (χ3v) is 3.18. The van der Waals surface area contributed by atoms with Crippen LogP contribution < -0.4 is 5.73 Å². The largest absolute Gasteiger partial charge is 0.330 e. The molecule has 2 aliphatic heterocycles. The average molecular weight is 154 g/mol. The zero-order valence-electron chi connectivity index (χ0n) is 7.13. The van der Waals surface area contributed by atoms with Gasteiger partial charge in [-0.15, -0.1) is 0 Å². The summed E-state index contributed by atoms with van der Waals surface area (Å²) in [7, 11) is 0. The van der Waals surface area contributed by atoms with Crippen molar-refractivity contribution in [2.24, 2.45) is 11.7 Å². The molecule has 11 heavy (non-hydrogen) atoms. The molecule has 0 radical (unpaired) electrons. The Bertz CT molecular complexity index is 122. The van der Waals surface area contributed by atoms with Gasteiger partial charge in [-0.1, -0.05) is 6.42 Å². The normalized spacial score (nSPS) is 39.0. The van der Waals surface area contributed by atoms with E-state index in [1.54, 1.807) is 0 Å². The predicted octanol–water partition coefficient (Wildman–Crippen LogP) is 0.820. The molecule has 64 valence electrons. The van der Waals surface area contributed by atoms with Crippen LogP contribution in [0.4, 0.5) is 0 Å². The van der Waals surface area contributed by atoms with Gasteiger partial charge in [-0.2, -0.15) is 0 Å². The predicted molar refractivity (Wildman–Crippen MR) is 46.4 cm³/mol. The Morgan fingerprint density at radius 1 is 1.36 bits per heavy atom. The summed E-state index contributed by atoms with van der Waals surface area (Å²) in [5.74, 6) is 0.804. The van der Waals surface area contributed by atoms with E-state index in [-0.39, 0.29) is 0 Å². The lowest BCUT2D eigenvalue weighted by Crippen LogP contribution is -2.34. The summed E-state index contributed by atoms with van der Waals surface area (Å²) >= 11 is 0. The van der Waals surface area contributed by atoms with Crippen LogP contribution in [0.25, 0.3) is 0 Å². The Morgan fingerprint density at radius 3 is 3.00 bits per heavy atom. The molecular formula is C9H18N2. The second kappa shape index (κ2) is 3.11. The van der Waals surface area contributed by atoms with Crippen molar-refractivity contribution >= 4 is 0 Å². The van der Waals surface area contributed by atoms with E-state index < -0.39 is 0 Å². The molecule has 2 nitrogen and oxygen atoms in total. The number of nitrogens with two attached hydrogens (primary N) is 1. The molecular weight excluding hydrogens is 136 g/mol. The van der Waals surface area contributed by atoms with Gasteiger partial charge in [0.15, 0.2) is 0 Å². The highest BCUT2D eigenvalue weighted by Crippen LogP contribution is 2.29. The molecule has 2 aliphatic rings. The zero-order valence-corrected chi connectivity index (χ0v) is 7.13. The van der Waals surface area contributed by atoms with Crippen LogP contribution >= 0.6 is 0 Å². The second-order valence-electron chi connectivity index (χ2n) is 3.98. The van der Waals surface area contributed by atoms with Crippen molar-refractivity contribution < 1.29 is 0 Å². The highest BCUT2D eigenvalue weighted by molar-refractivity contribution is 4.87. The Kier molecular flexibility index (Phi) is 2.14. The van der Waals surface area contributed by atoms with E-state index in [2.05, 4.69) is 4.90 Å². The maximum Gasteiger partial charge on any atom is 0.00989 e. The molecule has 0 aromatic heterocycles. The minimum atomic E-state index is 0.804. The molecule has 2 heterocycles. The smallest absolute Gasteiger partial charge is 0.00989 e. The lowest BCUT2D eigenvalue weighted by molar-refractivity contribution is 0.196. The summed E-state index contributed by atoms with van der Waals surface area (Å²) in [6.45, 7) is 3.51. The number of rotatable bonds is 1. The molecule has 0 bridgehead atoms. The number of nitrogens with zero attached hydrogens (tertiary/aromatic N) is 1. The van der Waals surface area contributed by atoms with Gasteiger partial charge in [0.2, 0.25) is 0 Å². The van der Waals surface area contributed by atoms with Crippen LogP contribution in [0.3, 0.4) is 0 Å². The molecule has 2 N–H and O–H groups in total. The molecule has 0 unspecified atom stereocenters. The van der Waals surface area contributed by atoms with E-state index in [1.807, 2.05) is 0 Å². The van der Waals surface area contributed by atoms with Crippen molar-refractivity contribution in [1.82, 2.24) is 4.90 Å². The standard InChI is InChI=1S/C9H18N2/c10-6-8-5-9-3-1-2-4-11(9)7-8/h8-9H,1-7,10H2/t8-,9-/m0/s1. The first-order valence-corrected chi connectivity index (χ1v) is 4.84. The van der Waals surface area contributed by atoms with Crippen LogP contribution in [0.5, 0.6) is 0 Å². The molecule has 0 amide bonds. The third-order valence-electron chi connectivity index (χ3n) is 3.18. The zero-order chi connectivity index (χ0) is 7.68. The molecule has 2 rings (SSSR count). The van der Waals surface area contributed by atoms with Crippen LogP contribution in [-0.4, -0.2) is 30.6 Å². The minimum Gasteiger partial charge on any atom is -0.330 e. The van der Waals surface area contributed by atoms with Crippen LogP contribution in [0, 0.1) is 5.92 Å². The monoisotopic (exact) mass is 154 g/mol. The number of piperidine rings is 1. The fourth-order valence-electron chi connectivity index (χ4n) is 2.53. The summed E-state index contributed by atoms with van der Waals surface area (Å²) in [5.41, 5.74) is 5.66. The van der Waals surface area contributed by atoms with Gasteiger partial charge < -0.3 is 10.6 Å². The number of hydrogen-bond acceptors (Lipinski definition) is 2. The highest BCUT2D eigenvalue weighted by Gasteiger charge is 2.32. The summed E-state index contributed by atoms with van der Waals surface area (Å²) < 4.78 is 0. The van der Waals surface area contributed by atoms with E-state index in [1.165, 1.54) is 38.8 Å². The van der Waals surface area contributed by atoms with Crippen molar-refractivity contribution in [2.45, 2.75) is 31.7 Å². The molecule has 2 fully saturated rings. The Balaban J connectivity index is 1.92. The second-order valence-corrected chi connectivity index (χ2v) is 3.98. The van der Waals surface area contributed by atoms with Crippen molar-refractivity contribution in [2.75, 3.05) is 19.6 Å². The molecule has 2 saturated heterocycles. The molecule has 2 atom stereocenters. The van der Waals surface area contributed by atoms with Gasteiger partial charge in [0.1, 0.15) is 0 Å². The van der Waals surface area contributed by atoms with Crippen LogP contribution in [-0.2, 0) is 0 Å². The van der Waals surface area contributed by atoms with Crippen molar-refractivity contribution in [3.63, 3.8) is 0 Å². The molecule has 0 aromatic rings. The first-order valence-electron chi connectivity index (χ1n) is 4.84. The van der Waals surface area contributed by atoms with Gasteiger partial charge in [-0.05, 0) is 38.3 Å². The van der Waals surface area contributed by atoms with Gasteiger partial charge in [0.05, 0.1) is 0 Å². The summed E-state index contributed by atoms with van der Waals surface area (Å²) in [6.07, 6.45) is 5.65. The van der Waals surface area contributed by atoms with Crippen LogP contribution in [0.2, 0.25) is 0 Å². The maximum atomic E-state index is 5.66. The SMILES string of the molecule is NC[C@@H]1C[C@@H]2CCCCN2C1. The van der Waals surface area contributed by atoms with Gasteiger partial charge in [-0.25, -0.2) is 0 Å². The maximum absolute atomic E-state index is 5.66. The van der Waals surface area contributed by atoms with E-state index in [4.69, 9.17) is 5.73 Å². The Hall–Kier alpha value is -0.0800. The highest BCUT2D eigenvalue weighted by atomic mass is 15.2. The summed E-state index contributed by atoms with van der Waals surface area (Å²) in [5, 5.41) is 0. The fourth-order valence-corrected chi connectivity index (χ4v) is 2.53. The average Bonchev–Trinajstić information content (AvgIpc) is 2.46. The van der Waals surface area contributed by atoms with Crippen LogP contribution in [0.1, 0.15) is 25.7 Å². The molecule has 0 saturated carbocycles. The summed E-state index contributed by atoms with van der Waals surface area (Å²) in [4.78, 5) is 2.64. The molecule has 0 spiro atoms. The fraction of sp³-hybridized carbons (Fsp3) is 1.00. The van der Waals surface area contributed by atoms with E-state index in [0.717, 1.165) is 18.5 Å². The van der Waals surface area contributed by atoms with Gasteiger partial charge in [-0.3, -0.25) is 0 Å². The van der Waals surface area contributed by atoms with E-state index in [0.29, 0.717) is 0 Å². The van der Waals surface area contributed by atoms with Crippen molar-refractivity contribution in [3.8, 4) is 0 Å². The van der Waals surface area contributed by atoms with Crippen molar-refractivity contribution in [3.05, 3.63) is 0 Å².